The topological polar surface area (TPSA) is 102 Å². The number of halogens is 1. The van der Waals surface area contributed by atoms with Crippen molar-refractivity contribution in [2.24, 2.45) is 0 Å². The van der Waals surface area contributed by atoms with Crippen LogP contribution in [0, 0.1) is 0 Å². The maximum Gasteiger partial charge on any atom is 0.321 e. The number of likely N-dealkylation sites (N-methyl/N-ethyl adjacent to an activating group) is 1. The van der Waals surface area contributed by atoms with Gasteiger partial charge in [0, 0.05) is 25.2 Å². The van der Waals surface area contributed by atoms with Crippen LogP contribution in [0.3, 0.4) is 0 Å². The Balaban J connectivity index is 2.53. The number of ether oxygens (including phenoxy) is 2. The van der Waals surface area contributed by atoms with E-state index in [-0.39, 0.29) is 10.9 Å². The lowest BCUT2D eigenvalue weighted by Crippen LogP contribution is -2.39. The maximum absolute atomic E-state index is 12.3. The van der Waals surface area contributed by atoms with Crippen LogP contribution in [0.25, 0.3) is 0 Å². The highest BCUT2D eigenvalue weighted by atomic mass is 35.5. The third-order valence-corrected chi connectivity index (χ3v) is 5.13. The number of hydrogen-bond acceptors (Lipinski definition) is 6. The van der Waals surface area contributed by atoms with Crippen molar-refractivity contribution in [1.29, 1.82) is 0 Å². The molecule has 8 nitrogen and oxygen atoms in total. The van der Waals surface area contributed by atoms with Crippen molar-refractivity contribution in [3.63, 3.8) is 0 Å². The molecule has 1 rings (SSSR count). The summed E-state index contributed by atoms with van der Waals surface area (Å²) in [6.07, 6.45) is 0. The average molecular weight is 393 g/mol. The molecule has 0 radical (unpaired) electrons. The van der Waals surface area contributed by atoms with Crippen LogP contribution in [-0.4, -0.2) is 64.6 Å². The summed E-state index contributed by atoms with van der Waals surface area (Å²) in [7, 11) is -1.12. The van der Waals surface area contributed by atoms with Gasteiger partial charge in [-0.3, -0.25) is 9.59 Å². The number of amides is 1. The standard InChI is InChI=1S/C15H21ClN2O6S/c1-11(9-23-3)17-14(19)10-24-15(20)8-18(2)25(21,22)13-6-4-12(16)5-7-13/h4-7,11H,8-10H2,1-3H3,(H,17,19). The normalized spacial score (nSPS) is 12.7. The Hall–Kier alpha value is -1.68. The molecule has 0 saturated carbocycles. The molecule has 1 atom stereocenters. The summed E-state index contributed by atoms with van der Waals surface area (Å²) >= 11 is 5.72. The molecule has 0 aliphatic carbocycles. The molecule has 0 saturated heterocycles. The van der Waals surface area contributed by atoms with Crippen LogP contribution in [0.15, 0.2) is 29.2 Å². The number of sulfonamides is 1. The van der Waals surface area contributed by atoms with Crippen LogP contribution in [0.4, 0.5) is 0 Å². The molecule has 0 aromatic heterocycles. The van der Waals surface area contributed by atoms with Crippen molar-refractivity contribution < 1.29 is 27.5 Å². The second kappa shape index (κ2) is 9.71. The molecule has 0 heterocycles. The van der Waals surface area contributed by atoms with Gasteiger partial charge in [0.2, 0.25) is 10.0 Å². The van der Waals surface area contributed by atoms with Gasteiger partial charge in [-0.25, -0.2) is 8.42 Å². The van der Waals surface area contributed by atoms with Crippen LogP contribution < -0.4 is 5.32 Å². The van der Waals surface area contributed by atoms with Gasteiger partial charge < -0.3 is 14.8 Å². The van der Waals surface area contributed by atoms with E-state index in [4.69, 9.17) is 21.1 Å². The summed E-state index contributed by atoms with van der Waals surface area (Å²) in [5.41, 5.74) is 0. The SMILES string of the molecule is COCC(C)NC(=O)COC(=O)CN(C)S(=O)(=O)c1ccc(Cl)cc1. The Morgan fingerprint density at radius 2 is 1.88 bits per heavy atom. The molecule has 1 aromatic carbocycles. The number of nitrogens with one attached hydrogen (secondary N) is 1. The van der Waals surface area contributed by atoms with E-state index in [1.54, 1.807) is 6.92 Å². The molecule has 1 amide bonds. The van der Waals surface area contributed by atoms with E-state index >= 15 is 0 Å². The fraction of sp³-hybridized carbons (Fsp3) is 0.467. The Kier molecular flexibility index (Phi) is 8.30. The van der Waals surface area contributed by atoms with E-state index in [0.29, 0.717) is 11.6 Å². The molecule has 0 spiro atoms. The van der Waals surface area contributed by atoms with Crippen molar-refractivity contribution in [2.75, 3.05) is 33.9 Å². The average Bonchev–Trinajstić information content (AvgIpc) is 2.53. The number of nitrogens with zero attached hydrogens (tertiary/aromatic N) is 1. The number of rotatable bonds is 9. The van der Waals surface area contributed by atoms with Gasteiger partial charge in [-0.2, -0.15) is 4.31 Å². The van der Waals surface area contributed by atoms with Gasteiger partial charge in [0.05, 0.1) is 11.5 Å². The molecule has 0 aliphatic heterocycles. The van der Waals surface area contributed by atoms with Gasteiger partial charge in [0.15, 0.2) is 6.61 Å². The second-order valence-corrected chi connectivity index (χ2v) is 7.78. The van der Waals surface area contributed by atoms with E-state index in [1.165, 1.54) is 38.4 Å². The number of carbonyl (C=O) groups excluding carboxylic acids is 2. The van der Waals surface area contributed by atoms with Crippen molar-refractivity contribution in [2.45, 2.75) is 17.9 Å². The lowest BCUT2D eigenvalue weighted by molar-refractivity contribution is -0.148. The van der Waals surface area contributed by atoms with E-state index in [9.17, 15) is 18.0 Å². The molecular formula is C15H21ClN2O6S. The Morgan fingerprint density at radius 3 is 2.44 bits per heavy atom. The minimum Gasteiger partial charge on any atom is -0.455 e. The van der Waals surface area contributed by atoms with Crippen molar-refractivity contribution in [1.82, 2.24) is 9.62 Å². The molecule has 1 N–H and O–H groups in total. The zero-order valence-electron chi connectivity index (χ0n) is 14.2. The fourth-order valence-electron chi connectivity index (χ4n) is 1.85. The lowest BCUT2D eigenvalue weighted by Gasteiger charge is -2.17. The highest BCUT2D eigenvalue weighted by Gasteiger charge is 2.23. The summed E-state index contributed by atoms with van der Waals surface area (Å²) < 4.78 is 35.1. The predicted molar refractivity (Wildman–Crippen MR) is 91.7 cm³/mol. The van der Waals surface area contributed by atoms with E-state index in [2.05, 4.69) is 5.32 Å². The van der Waals surface area contributed by atoms with Crippen molar-refractivity contribution >= 4 is 33.5 Å². The number of carbonyl (C=O) groups is 2. The van der Waals surface area contributed by atoms with Crippen molar-refractivity contribution in [3.8, 4) is 0 Å². The summed E-state index contributed by atoms with van der Waals surface area (Å²) in [6.45, 7) is 1.03. The van der Waals surface area contributed by atoms with Gasteiger partial charge in [-0.1, -0.05) is 11.6 Å². The molecule has 25 heavy (non-hydrogen) atoms. The fourth-order valence-corrected chi connectivity index (χ4v) is 3.09. The highest BCUT2D eigenvalue weighted by Crippen LogP contribution is 2.17. The number of esters is 1. The minimum absolute atomic E-state index is 0.00154. The molecule has 1 aromatic rings. The zero-order chi connectivity index (χ0) is 19.0. The van der Waals surface area contributed by atoms with E-state index < -0.39 is 35.1 Å². The Morgan fingerprint density at radius 1 is 1.28 bits per heavy atom. The quantitative estimate of drug-likeness (QED) is 0.619. The van der Waals surface area contributed by atoms with Gasteiger partial charge in [-0.05, 0) is 31.2 Å². The summed E-state index contributed by atoms with van der Waals surface area (Å²) in [6, 6.07) is 5.32. The van der Waals surface area contributed by atoms with E-state index in [0.717, 1.165) is 4.31 Å². The third kappa shape index (κ3) is 6.99. The molecule has 10 heteroatoms. The molecule has 140 valence electrons. The first-order chi connectivity index (χ1) is 11.7. The highest BCUT2D eigenvalue weighted by molar-refractivity contribution is 7.89. The summed E-state index contributed by atoms with van der Waals surface area (Å²) in [5.74, 6) is -1.34. The monoisotopic (exact) mass is 392 g/mol. The first kappa shape index (κ1) is 21.4. The van der Waals surface area contributed by atoms with E-state index in [1.807, 2.05) is 0 Å². The van der Waals surface area contributed by atoms with Gasteiger partial charge in [-0.15, -0.1) is 0 Å². The third-order valence-electron chi connectivity index (χ3n) is 3.06. The van der Waals surface area contributed by atoms with Crippen molar-refractivity contribution in [3.05, 3.63) is 29.3 Å². The second-order valence-electron chi connectivity index (χ2n) is 5.30. The van der Waals surface area contributed by atoms with Crippen LogP contribution in [0.2, 0.25) is 5.02 Å². The molecule has 0 fully saturated rings. The number of benzene rings is 1. The summed E-state index contributed by atoms with van der Waals surface area (Å²) in [4.78, 5) is 23.3. The minimum atomic E-state index is -3.86. The molecule has 0 bridgehead atoms. The zero-order valence-corrected chi connectivity index (χ0v) is 15.8. The Labute approximate surface area is 152 Å². The van der Waals surface area contributed by atoms with Crippen LogP contribution in [-0.2, 0) is 29.1 Å². The summed E-state index contributed by atoms with van der Waals surface area (Å²) in [5, 5.41) is 2.96. The smallest absolute Gasteiger partial charge is 0.321 e. The van der Waals surface area contributed by atoms with Crippen LogP contribution >= 0.6 is 11.6 Å². The maximum atomic E-state index is 12.3. The first-order valence-electron chi connectivity index (χ1n) is 7.32. The van der Waals surface area contributed by atoms with Gasteiger partial charge >= 0.3 is 5.97 Å². The lowest BCUT2D eigenvalue weighted by atomic mass is 10.3. The Bertz CT molecular complexity index is 692. The van der Waals surface area contributed by atoms with Crippen LogP contribution in [0.5, 0.6) is 0 Å². The molecule has 1 unspecified atom stereocenters. The number of hydrogen-bond donors (Lipinski definition) is 1. The first-order valence-corrected chi connectivity index (χ1v) is 9.14. The predicted octanol–water partition coefficient (Wildman–Crippen LogP) is 0.655. The largest absolute Gasteiger partial charge is 0.455 e. The number of methoxy groups -OCH3 is 1. The molecular weight excluding hydrogens is 372 g/mol. The van der Waals surface area contributed by atoms with Gasteiger partial charge in [0.1, 0.15) is 6.54 Å². The molecule has 0 aliphatic rings. The van der Waals surface area contributed by atoms with Gasteiger partial charge in [0.25, 0.3) is 5.91 Å². The van der Waals surface area contributed by atoms with Crippen LogP contribution in [0.1, 0.15) is 6.92 Å².